The zero-order valence-corrected chi connectivity index (χ0v) is 16.4. The number of rotatable bonds is 6. The van der Waals surface area contributed by atoms with Crippen LogP contribution in [-0.4, -0.2) is 43.4 Å². The summed E-state index contributed by atoms with van der Waals surface area (Å²) in [5.41, 5.74) is 9.22. The van der Waals surface area contributed by atoms with E-state index in [1.165, 1.54) is 6.39 Å². The molecule has 2 aromatic heterocycles. The summed E-state index contributed by atoms with van der Waals surface area (Å²) in [6, 6.07) is 7.28. The SMILES string of the molecule is COc1cc(-c2ncoc2-c2ccc(OC)c3[nH]c(N)nc23)cc(OC)c1OC. The van der Waals surface area contributed by atoms with Gasteiger partial charge in [0, 0.05) is 11.1 Å². The number of aromatic amines is 1. The number of ether oxygens (including phenoxy) is 4. The van der Waals surface area contributed by atoms with Gasteiger partial charge < -0.3 is 34.1 Å². The second kappa shape index (κ2) is 7.27. The van der Waals surface area contributed by atoms with Crippen LogP contribution in [-0.2, 0) is 0 Å². The van der Waals surface area contributed by atoms with Crippen molar-refractivity contribution in [3.8, 4) is 45.6 Å². The number of anilines is 1. The van der Waals surface area contributed by atoms with Gasteiger partial charge in [0.1, 0.15) is 22.5 Å². The molecule has 0 fully saturated rings. The maximum absolute atomic E-state index is 5.88. The smallest absolute Gasteiger partial charge is 0.203 e. The predicted octanol–water partition coefficient (Wildman–Crippen LogP) is 3.50. The van der Waals surface area contributed by atoms with Crippen molar-refractivity contribution in [1.82, 2.24) is 15.0 Å². The fourth-order valence-corrected chi connectivity index (χ4v) is 3.30. The van der Waals surface area contributed by atoms with Crippen molar-refractivity contribution in [2.24, 2.45) is 0 Å². The normalized spacial score (nSPS) is 10.9. The highest BCUT2D eigenvalue weighted by Gasteiger charge is 2.22. The molecule has 0 aliphatic carbocycles. The Hall–Kier alpha value is -3.88. The summed E-state index contributed by atoms with van der Waals surface area (Å²) in [7, 11) is 6.26. The third-order valence-corrected chi connectivity index (χ3v) is 4.60. The minimum atomic E-state index is 0.277. The molecule has 0 unspecified atom stereocenters. The molecule has 2 heterocycles. The number of oxazole rings is 1. The van der Waals surface area contributed by atoms with Crippen LogP contribution in [0.1, 0.15) is 0 Å². The number of nitrogens with zero attached hydrogens (tertiary/aromatic N) is 2. The highest BCUT2D eigenvalue weighted by atomic mass is 16.5. The molecule has 4 rings (SSSR count). The summed E-state index contributed by atoms with van der Waals surface area (Å²) in [4.78, 5) is 11.8. The van der Waals surface area contributed by atoms with Gasteiger partial charge in [0.25, 0.3) is 0 Å². The fraction of sp³-hybridized carbons (Fsp3) is 0.200. The molecular weight excluding hydrogens is 376 g/mol. The number of hydrogen-bond donors (Lipinski definition) is 2. The Kier molecular flexibility index (Phi) is 4.63. The largest absolute Gasteiger partial charge is 0.494 e. The quantitative estimate of drug-likeness (QED) is 0.508. The van der Waals surface area contributed by atoms with Crippen molar-refractivity contribution in [2.75, 3.05) is 34.2 Å². The molecule has 0 bridgehead atoms. The predicted molar refractivity (Wildman–Crippen MR) is 108 cm³/mol. The van der Waals surface area contributed by atoms with Crippen LogP contribution in [0.4, 0.5) is 5.95 Å². The van der Waals surface area contributed by atoms with Crippen LogP contribution in [0.2, 0.25) is 0 Å². The number of benzene rings is 2. The first-order valence-corrected chi connectivity index (χ1v) is 8.67. The van der Waals surface area contributed by atoms with E-state index in [2.05, 4.69) is 15.0 Å². The third kappa shape index (κ3) is 2.96. The molecule has 4 aromatic rings. The first-order valence-electron chi connectivity index (χ1n) is 8.67. The molecule has 0 aliphatic heterocycles. The van der Waals surface area contributed by atoms with Crippen molar-refractivity contribution >= 4 is 17.0 Å². The fourth-order valence-electron chi connectivity index (χ4n) is 3.30. The molecule has 2 aromatic carbocycles. The Labute approximate surface area is 166 Å². The first-order chi connectivity index (χ1) is 14.1. The Morgan fingerprint density at radius 1 is 0.931 bits per heavy atom. The summed E-state index contributed by atoms with van der Waals surface area (Å²) in [5.74, 6) is 2.95. The van der Waals surface area contributed by atoms with Crippen molar-refractivity contribution in [3.05, 3.63) is 30.7 Å². The van der Waals surface area contributed by atoms with Gasteiger partial charge >= 0.3 is 0 Å². The van der Waals surface area contributed by atoms with Crippen LogP contribution in [0.25, 0.3) is 33.6 Å². The number of imidazole rings is 1. The molecule has 29 heavy (non-hydrogen) atoms. The Morgan fingerprint density at radius 3 is 2.24 bits per heavy atom. The second-order valence-electron chi connectivity index (χ2n) is 6.11. The summed E-state index contributed by atoms with van der Waals surface area (Å²) in [6.45, 7) is 0. The molecule has 0 amide bonds. The monoisotopic (exact) mass is 396 g/mol. The molecule has 150 valence electrons. The minimum Gasteiger partial charge on any atom is -0.494 e. The zero-order chi connectivity index (χ0) is 20.5. The lowest BCUT2D eigenvalue weighted by Gasteiger charge is -2.14. The summed E-state index contributed by atoms with van der Waals surface area (Å²) < 4.78 is 27.4. The average Bonchev–Trinajstić information content (AvgIpc) is 3.38. The number of nitrogens with one attached hydrogen (secondary N) is 1. The Morgan fingerprint density at radius 2 is 1.62 bits per heavy atom. The van der Waals surface area contributed by atoms with Crippen LogP contribution >= 0.6 is 0 Å². The molecule has 9 nitrogen and oxygen atoms in total. The highest BCUT2D eigenvalue weighted by molar-refractivity contribution is 5.98. The number of hydrogen-bond acceptors (Lipinski definition) is 8. The lowest BCUT2D eigenvalue weighted by atomic mass is 10.0. The zero-order valence-electron chi connectivity index (χ0n) is 16.4. The van der Waals surface area contributed by atoms with E-state index in [9.17, 15) is 0 Å². The number of aromatic nitrogens is 3. The van der Waals surface area contributed by atoms with Gasteiger partial charge in [-0.1, -0.05) is 0 Å². The van der Waals surface area contributed by atoms with E-state index in [1.807, 2.05) is 24.3 Å². The number of nitrogens with two attached hydrogens (primary N) is 1. The van der Waals surface area contributed by atoms with Gasteiger partial charge in [0.05, 0.1) is 28.4 Å². The molecule has 9 heteroatoms. The van der Waals surface area contributed by atoms with Crippen molar-refractivity contribution in [2.45, 2.75) is 0 Å². The van der Waals surface area contributed by atoms with Gasteiger partial charge in [-0.2, -0.15) is 0 Å². The van der Waals surface area contributed by atoms with Crippen LogP contribution in [0.3, 0.4) is 0 Å². The van der Waals surface area contributed by atoms with Gasteiger partial charge in [-0.05, 0) is 24.3 Å². The van der Waals surface area contributed by atoms with Crippen molar-refractivity contribution in [1.29, 1.82) is 0 Å². The lowest BCUT2D eigenvalue weighted by Crippen LogP contribution is -1.96. The molecule has 3 N–H and O–H groups in total. The Balaban J connectivity index is 1.93. The topological polar surface area (TPSA) is 118 Å². The molecule has 0 saturated heterocycles. The van der Waals surface area contributed by atoms with E-state index in [0.29, 0.717) is 45.5 Å². The summed E-state index contributed by atoms with van der Waals surface area (Å²) in [5, 5.41) is 0. The molecule has 0 spiro atoms. The first kappa shape index (κ1) is 18.5. The van der Waals surface area contributed by atoms with E-state index in [-0.39, 0.29) is 5.95 Å². The van der Waals surface area contributed by atoms with Gasteiger partial charge in [-0.3, -0.25) is 0 Å². The molecule has 0 aliphatic rings. The van der Waals surface area contributed by atoms with Gasteiger partial charge in [-0.15, -0.1) is 0 Å². The van der Waals surface area contributed by atoms with E-state index < -0.39 is 0 Å². The summed E-state index contributed by atoms with van der Waals surface area (Å²) >= 11 is 0. The second-order valence-corrected chi connectivity index (χ2v) is 6.11. The average molecular weight is 396 g/mol. The Bertz CT molecular complexity index is 1160. The highest BCUT2D eigenvalue weighted by Crippen LogP contribution is 2.44. The molecule has 0 atom stereocenters. The van der Waals surface area contributed by atoms with Crippen LogP contribution in [0, 0.1) is 0 Å². The number of methoxy groups -OCH3 is 4. The van der Waals surface area contributed by atoms with E-state index in [0.717, 1.165) is 11.1 Å². The number of nitrogen functional groups attached to an aromatic ring is 1. The molecule has 0 saturated carbocycles. The van der Waals surface area contributed by atoms with Crippen molar-refractivity contribution < 1.29 is 23.4 Å². The number of H-pyrrole nitrogens is 1. The van der Waals surface area contributed by atoms with E-state index in [4.69, 9.17) is 29.1 Å². The van der Waals surface area contributed by atoms with Gasteiger partial charge in [0.15, 0.2) is 29.6 Å². The third-order valence-electron chi connectivity index (χ3n) is 4.60. The van der Waals surface area contributed by atoms with Gasteiger partial charge in [-0.25, -0.2) is 9.97 Å². The standard InChI is InChI=1S/C20H20N4O5/c1-25-12-6-5-11(16-17(12)24-20(21)23-16)18-15(22-9-29-18)10-7-13(26-2)19(28-4)14(8-10)27-3/h5-9H,1-4H3,(H3,21,23,24). The van der Waals surface area contributed by atoms with Crippen LogP contribution in [0.15, 0.2) is 35.1 Å². The molecular formula is C20H20N4O5. The van der Waals surface area contributed by atoms with Crippen LogP contribution in [0.5, 0.6) is 23.0 Å². The lowest BCUT2D eigenvalue weighted by molar-refractivity contribution is 0.324. The maximum Gasteiger partial charge on any atom is 0.203 e. The summed E-state index contributed by atoms with van der Waals surface area (Å²) in [6.07, 6.45) is 1.37. The van der Waals surface area contributed by atoms with Gasteiger partial charge in [0.2, 0.25) is 5.75 Å². The maximum atomic E-state index is 5.88. The van der Waals surface area contributed by atoms with E-state index in [1.54, 1.807) is 28.4 Å². The van der Waals surface area contributed by atoms with Crippen molar-refractivity contribution in [3.63, 3.8) is 0 Å². The molecule has 0 radical (unpaired) electrons. The van der Waals surface area contributed by atoms with E-state index >= 15 is 0 Å². The van der Waals surface area contributed by atoms with Crippen LogP contribution < -0.4 is 24.7 Å². The number of fused-ring (bicyclic) bond motifs is 1. The minimum absolute atomic E-state index is 0.277.